The number of carbonyl (C=O) groups is 2. The van der Waals surface area contributed by atoms with Gasteiger partial charge in [-0.25, -0.2) is 4.39 Å². The van der Waals surface area contributed by atoms with E-state index in [0.717, 1.165) is 30.6 Å². The SMILES string of the molecule is O=C(c1cc(COc2ccccc2F)on1)N1CCOC2(CCCCc3ccccc3OCCNC2=O)C1. The van der Waals surface area contributed by atoms with Crippen LogP contribution in [-0.2, 0) is 22.6 Å². The molecular formula is C28H30FN3O6. The topological polar surface area (TPSA) is 103 Å². The van der Waals surface area contributed by atoms with Crippen molar-refractivity contribution in [3.63, 3.8) is 0 Å². The van der Waals surface area contributed by atoms with Gasteiger partial charge >= 0.3 is 0 Å². The number of hydrogen-bond acceptors (Lipinski definition) is 7. The molecule has 1 N–H and O–H groups in total. The van der Waals surface area contributed by atoms with E-state index in [2.05, 4.69) is 16.5 Å². The van der Waals surface area contributed by atoms with E-state index in [0.29, 0.717) is 26.1 Å². The Labute approximate surface area is 219 Å². The van der Waals surface area contributed by atoms with E-state index in [-0.39, 0.29) is 48.8 Å². The van der Waals surface area contributed by atoms with Gasteiger partial charge in [-0.2, -0.15) is 0 Å². The normalized spacial score (nSPS) is 20.4. The summed E-state index contributed by atoms with van der Waals surface area (Å²) in [6, 6.07) is 15.4. The quantitative estimate of drug-likeness (QED) is 0.558. The lowest BCUT2D eigenvalue weighted by Gasteiger charge is -2.41. The fourth-order valence-electron chi connectivity index (χ4n) is 4.78. The molecule has 2 amide bonds. The molecule has 3 heterocycles. The minimum Gasteiger partial charge on any atom is -0.491 e. The first kappa shape index (κ1) is 25.7. The molecule has 38 heavy (non-hydrogen) atoms. The molecule has 10 heteroatoms. The van der Waals surface area contributed by atoms with Crippen molar-refractivity contribution >= 4 is 11.8 Å². The zero-order valence-electron chi connectivity index (χ0n) is 21.0. The van der Waals surface area contributed by atoms with Crippen LogP contribution in [0.1, 0.15) is 41.1 Å². The molecule has 0 saturated carbocycles. The average Bonchev–Trinajstić information content (AvgIpc) is 3.42. The van der Waals surface area contributed by atoms with Crippen LogP contribution in [0.25, 0.3) is 0 Å². The fraction of sp³-hybridized carbons (Fsp3) is 0.393. The van der Waals surface area contributed by atoms with Gasteiger partial charge in [-0.15, -0.1) is 0 Å². The van der Waals surface area contributed by atoms with Crippen molar-refractivity contribution in [2.24, 2.45) is 0 Å². The van der Waals surface area contributed by atoms with Gasteiger partial charge in [0.2, 0.25) is 0 Å². The second-order valence-electron chi connectivity index (χ2n) is 9.39. The molecule has 1 fully saturated rings. The van der Waals surface area contributed by atoms with Gasteiger partial charge in [0, 0.05) is 12.6 Å². The van der Waals surface area contributed by atoms with Gasteiger partial charge in [-0.3, -0.25) is 9.59 Å². The number of fused-ring (bicyclic) bond motifs is 1. The van der Waals surface area contributed by atoms with Crippen LogP contribution in [-0.4, -0.2) is 60.3 Å². The number of ether oxygens (including phenoxy) is 3. The van der Waals surface area contributed by atoms with E-state index in [1.54, 1.807) is 17.0 Å². The van der Waals surface area contributed by atoms with Crippen LogP contribution in [0.5, 0.6) is 11.5 Å². The molecule has 2 aromatic carbocycles. The second-order valence-corrected chi connectivity index (χ2v) is 9.39. The third-order valence-electron chi connectivity index (χ3n) is 6.77. The van der Waals surface area contributed by atoms with Crippen molar-refractivity contribution in [2.45, 2.75) is 37.9 Å². The minimum absolute atomic E-state index is 0.0781. The van der Waals surface area contributed by atoms with Crippen LogP contribution in [0.4, 0.5) is 4.39 Å². The lowest BCUT2D eigenvalue weighted by Crippen LogP contribution is -2.61. The molecule has 2 aliphatic heterocycles. The zero-order chi connectivity index (χ0) is 26.4. The molecule has 3 aromatic rings. The standard InChI is InChI=1S/C28H30FN3O6/c29-22-9-2-4-11-25(22)36-18-21-17-23(31-38-21)26(33)32-14-16-37-28(19-32)12-6-5-8-20-7-1-3-10-24(20)35-15-13-30-27(28)34/h1-4,7,9-11,17H,5-6,8,12-16,18-19H2,(H,30,34). The molecule has 0 bridgehead atoms. The summed E-state index contributed by atoms with van der Waals surface area (Å²) in [5.41, 5.74) is 0.0658. The molecule has 1 atom stereocenters. The highest BCUT2D eigenvalue weighted by Gasteiger charge is 2.45. The predicted octanol–water partition coefficient (Wildman–Crippen LogP) is 3.53. The molecular weight excluding hydrogens is 493 g/mol. The summed E-state index contributed by atoms with van der Waals surface area (Å²) < 4.78 is 36.4. The van der Waals surface area contributed by atoms with Crippen LogP contribution in [0.15, 0.2) is 59.1 Å². The number of benzene rings is 2. The molecule has 1 spiro atoms. The smallest absolute Gasteiger partial charge is 0.276 e. The van der Waals surface area contributed by atoms with Gasteiger partial charge < -0.3 is 29.0 Å². The number of morpholine rings is 1. The number of carbonyl (C=O) groups excluding carboxylic acids is 2. The predicted molar refractivity (Wildman–Crippen MR) is 134 cm³/mol. The lowest BCUT2D eigenvalue weighted by atomic mass is 9.91. The summed E-state index contributed by atoms with van der Waals surface area (Å²) in [6.07, 6.45) is 2.89. The van der Waals surface area contributed by atoms with E-state index >= 15 is 0 Å². The molecule has 1 unspecified atom stereocenters. The Balaban J connectivity index is 1.24. The van der Waals surface area contributed by atoms with Gasteiger partial charge in [0.15, 0.2) is 28.6 Å². The molecule has 200 valence electrons. The number of aromatic nitrogens is 1. The number of aryl methyl sites for hydroxylation is 1. The van der Waals surface area contributed by atoms with Crippen molar-refractivity contribution in [1.82, 2.24) is 15.4 Å². The van der Waals surface area contributed by atoms with Crippen molar-refractivity contribution in [1.29, 1.82) is 0 Å². The van der Waals surface area contributed by atoms with Crippen molar-refractivity contribution < 1.29 is 32.7 Å². The number of hydrogen-bond donors (Lipinski definition) is 1. The monoisotopic (exact) mass is 523 g/mol. The summed E-state index contributed by atoms with van der Waals surface area (Å²) in [6.45, 7) is 1.21. The average molecular weight is 524 g/mol. The van der Waals surface area contributed by atoms with Crippen LogP contribution in [0.3, 0.4) is 0 Å². The van der Waals surface area contributed by atoms with Crippen LogP contribution in [0.2, 0.25) is 0 Å². The summed E-state index contributed by atoms with van der Waals surface area (Å²) in [5, 5.41) is 6.81. The Kier molecular flexibility index (Phi) is 7.88. The number of nitrogens with zero attached hydrogens (tertiary/aromatic N) is 2. The Morgan fingerprint density at radius 3 is 2.87 bits per heavy atom. The largest absolute Gasteiger partial charge is 0.491 e. The van der Waals surface area contributed by atoms with Gasteiger partial charge in [0.25, 0.3) is 11.8 Å². The molecule has 5 rings (SSSR count). The summed E-state index contributed by atoms with van der Waals surface area (Å²) in [7, 11) is 0. The Morgan fingerprint density at radius 1 is 1.13 bits per heavy atom. The van der Waals surface area contributed by atoms with E-state index < -0.39 is 11.4 Å². The number of nitrogens with one attached hydrogen (secondary N) is 1. The number of amides is 2. The summed E-state index contributed by atoms with van der Waals surface area (Å²) in [5.74, 6) is 0.0799. The zero-order valence-corrected chi connectivity index (χ0v) is 21.0. The summed E-state index contributed by atoms with van der Waals surface area (Å²) in [4.78, 5) is 28.2. The van der Waals surface area contributed by atoms with E-state index in [4.69, 9.17) is 18.7 Å². The van der Waals surface area contributed by atoms with Crippen molar-refractivity contribution in [2.75, 3.05) is 32.8 Å². The van der Waals surface area contributed by atoms with E-state index in [1.165, 1.54) is 18.2 Å². The Hall–Kier alpha value is -3.92. The third-order valence-corrected chi connectivity index (χ3v) is 6.77. The molecule has 1 saturated heterocycles. The van der Waals surface area contributed by atoms with Crippen molar-refractivity contribution in [3.05, 3.63) is 77.4 Å². The van der Waals surface area contributed by atoms with Gasteiger partial charge in [0.05, 0.1) is 19.7 Å². The van der Waals surface area contributed by atoms with Gasteiger partial charge in [-0.05, 0) is 49.4 Å². The van der Waals surface area contributed by atoms with Crippen LogP contribution < -0.4 is 14.8 Å². The Bertz CT molecular complexity index is 1280. The maximum Gasteiger partial charge on any atom is 0.276 e. The molecule has 0 aliphatic carbocycles. The molecule has 0 radical (unpaired) electrons. The van der Waals surface area contributed by atoms with E-state index in [1.807, 2.05) is 18.2 Å². The third kappa shape index (κ3) is 5.80. The Morgan fingerprint density at radius 2 is 1.97 bits per heavy atom. The maximum atomic E-state index is 13.8. The highest BCUT2D eigenvalue weighted by molar-refractivity contribution is 5.93. The number of halogens is 1. The number of para-hydroxylation sites is 2. The first-order chi connectivity index (χ1) is 18.5. The van der Waals surface area contributed by atoms with Crippen LogP contribution in [0, 0.1) is 5.82 Å². The van der Waals surface area contributed by atoms with Gasteiger partial charge in [0.1, 0.15) is 19.0 Å². The van der Waals surface area contributed by atoms with Gasteiger partial charge in [-0.1, -0.05) is 35.5 Å². The van der Waals surface area contributed by atoms with E-state index in [9.17, 15) is 14.0 Å². The molecule has 9 nitrogen and oxygen atoms in total. The van der Waals surface area contributed by atoms with Crippen LogP contribution >= 0.6 is 0 Å². The first-order valence-electron chi connectivity index (χ1n) is 12.8. The fourth-order valence-corrected chi connectivity index (χ4v) is 4.78. The number of rotatable bonds is 4. The first-order valence-corrected chi connectivity index (χ1v) is 12.8. The molecule has 2 aliphatic rings. The minimum atomic E-state index is -1.16. The second kappa shape index (κ2) is 11.6. The highest BCUT2D eigenvalue weighted by atomic mass is 19.1. The summed E-state index contributed by atoms with van der Waals surface area (Å²) >= 11 is 0. The molecule has 1 aromatic heterocycles. The lowest BCUT2D eigenvalue weighted by molar-refractivity contribution is -0.159. The van der Waals surface area contributed by atoms with Crippen molar-refractivity contribution in [3.8, 4) is 11.5 Å². The maximum absolute atomic E-state index is 13.8. The highest BCUT2D eigenvalue weighted by Crippen LogP contribution is 2.28.